The normalized spacial score (nSPS) is 18.3. The molecule has 1 fully saturated rings. The standard InChI is InChI=1S/C21H26FN3S/c1-15-4-3-13-25(14-15)20-11-5-17(6-12-20)16(2)23-21(26)24-19-9-7-18(22)8-10-19/h5-12,15-16H,3-4,13-14H2,1-2H3,(H2,23,24,26)/t15-,16-/m1/s1. The number of hydrogen-bond donors (Lipinski definition) is 2. The molecule has 2 atom stereocenters. The highest BCUT2D eigenvalue weighted by Crippen LogP contribution is 2.24. The monoisotopic (exact) mass is 371 g/mol. The van der Waals surface area contributed by atoms with Crippen LogP contribution in [0.2, 0.25) is 0 Å². The van der Waals surface area contributed by atoms with E-state index in [2.05, 4.69) is 53.6 Å². The molecule has 1 aliphatic heterocycles. The largest absolute Gasteiger partial charge is 0.371 e. The maximum Gasteiger partial charge on any atom is 0.171 e. The number of rotatable bonds is 4. The predicted octanol–water partition coefficient (Wildman–Crippen LogP) is 5.11. The Kier molecular flexibility index (Phi) is 6.09. The van der Waals surface area contributed by atoms with Crippen molar-refractivity contribution in [2.45, 2.75) is 32.7 Å². The van der Waals surface area contributed by atoms with Crippen LogP contribution in [0.4, 0.5) is 15.8 Å². The highest BCUT2D eigenvalue weighted by atomic mass is 32.1. The molecule has 3 rings (SSSR count). The zero-order chi connectivity index (χ0) is 18.5. The van der Waals surface area contributed by atoms with Gasteiger partial charge in [0.1, 0.15) is 5.82 Å². The van der Waals surface area contributed by atoms with E-state index in [1.165, 1.54) is 36.2 Å². The van der Waals surface area contributed by atoms with Gasteiger partial charge in [0.05, 0.1) is 6.04 Å². The molecule has 26 heavy (non-hydrogen) atoms. The molecular weight excluding hydrogens is 345 g/mol. The Hall–Kier alpha value is -2.14. The van der Waals surface area contributed by atoms with Gasteiger partial charge in [-0.1, -0.05) is 19.1 Å². The second-order valence-electron chi connectivity index (χ2n) is 7.11. The molecular formula is C21H26FN3S. The molecule has 0 aromatic heterocycles. The zero-order valence-corrected chi connectivity index (χ0v) is 16.2. The average molecular weight is 372 g/mol. The van der Waals surface area contributed by atoms with E-state index in [1.54, 1.807) is 12.1 Å². The minimum atomic E-state index is -0.258. The third-order valence-electron chi connectivity index (χ3n) is 4.86. The quantitative estimate of drug-likeness (QED) is 0.731. The highest BCUT2D eigenvalue weighted by Gasteiger charge is 2.17. The molecule has 1 aliphatic rings. The fraction of sp³-hybridized carbons (Fsp3) is 0.381. The Labute approximate surface area is 160 Å². The molecule has 2 aromatic carbocycles. The number of piperidine rings is 1. The Morgan fingerprint density at radius 3 is 2.50 bits per heavy atom. The van der Waals surface area contributed by atoms with Gasteiger partial charge in [0, 0.05) is 24.5 Å². The molecule has 1 saturated heterocycles. The Morgan fingerprint density at radius 1 is 1.15 bits per heavy atom. The van der Waals surface area contributed by atoms with E-state index in [4.69, 9.17) is 12.2 Å². The molecule has 2 aromatic rings. The summed E-state index contributed by atoms with van der Waals surface area (Å²) in [6.07, 6.45) is 2.60. The van der Waals surface area contributed by atoms with E-state index in [9.17, 15) is 4.39 Å². The van der Waals surface area contributed by atoms with Crippen LogP contribution in [-0.2, 0) is 0 Å². The first-order valence-corrected chi connectivity index (χ1v) is 9.60. The average Bonchev–Trinajstić information content (AvgIpc) is 2.64. The van der Waals surface area contributed by atoms with Crippen LogP contribution in [-0.4, -0.2) is 18.2 Å². The van der Waals surface area contributed by atoms with Crippen molar-refractivity contribution in [3.05, 3.63) is 59.9 Å². The van der Waals surface area contributed by atoms with Gasteiger partial charge >= 0.3 is 0 Å². The van der Waals surface area contributed by atoms with Crippen LogP contribution < -0.4 is 15.5 Å². The lowest BCUT2D eigenvalue weighted by Crippen LogP contribution is -2.34. The van der Waals surface area contributed by atoms with Crippen LogP contribution in [0, 0.1) is 11.7 Å². The summed E-state index contributed by atoms with van der Waals surface area (Å²) in [5, 5.41) is 6.89. The molecule has 0 amide bonds. The predicted molar refractivity (Wildman–Crippen MR) is 111 cm³/mol. The minimum Gasteiger partial charge on any atom is -0.371 e. The lowest BCUT2D eigenvalue weighted by atomic mass is 9.99. The summed E-state index contributed by atoms with van der Waals surface area (Å²) >= 11 is 5.36. The summed E-state index contributed by atoms with van der Waals surface area (Å²) in [7, 11) is 0. The van der Waals surface area contributed by atoms with Gasteiger partial charge in [0.2, 0.25) is 0 Å². The van der Waals surface area contributed by atoms with Crippen molar-refractivity contribution in [2.24, 2.45) is 5.92 Å². The second-order valence-corrected chi connectivity index (χ2v) is 7.52. The number of halogens is 1. The minimum absolute atomic E-state index is 0.0878. The molecule has 0 bridgehead atoms. The van der Waals surface area contributed by atoms with Crippen molar-refractivity contribution in [3.63, 3.8) is 0 Å². The van der Waals surface area contributed by atoms with Gasteiger partial charge in [-0.15, -0.1) is 0 Å². The van der Waals surface area contributed by atoms with E-state index < -0.39 is 0 Å². The SMILES string of the molecule is C[C@@H]1CCCN(c2ccc([C@@H](C)NC(=S)Nc3ccc(F)cc3)cc2)C1. The maximum absolute atomic E-state index is 13.0. The lowest BCUT2D eigenvalue weighted by molar-refractivity contribution is 0.447. The molecule has 3 nitrogen and oxygen atoms in total. The third-order valence-corrected chi connectivity index (χ3v) is 5.08. The highest BCUT2D eigenvalue weighted by molar-refractivity contribution is 7.80. The Morgan fingerprint density at radius 2 is 1.85 bits per heavy atom. The van der Waals surface area contributed by atoms with Crippen molar-refractivity contribution in [1.82, 2.24) is 5.32 Å². The smallest absolute Gasteiger partial charge is 0.171 e. The van der Waals surface area contributed by atoms with E-state index in [1.807, 2.05) is 0 Å². The van der Waals surface area contributed by atoms with Crippen LogP contribution in [0.25, 0.3) is 0 Å². The summed E-state index contributed by atoms with van der Waals surface area (Å²) in [5.74, 6) is 0.505. The van der Waals surface area contributed by atoms with Crippen LogP contribution in [0.1, 0.15) is 38.3 Å². The molecule has 0 spiro atoms. The summed E-state index contributed by atoms with van der Waals surface area (Å²) < 4.78 is 13.0. The molecule has 0 aliphatic carbocycles. The first-order chi connectivity index (χ1) is 12.5. The molecule has 0 unspecified atom stereocenters. The van der Waals surface area contributed by atoms with Crippen LogP contribution >= 0.6 is 12.2 Å². The van der Waals surface area contributed by atoms with Gasteiger partial charge in [-0.05, 0) is 79.9 Å². The fourth-order valence-corrected chi connectivity index (χ4v) is 3.67. The Bertz CT molecular complexity index is 730. The summed E-state index contributed by atoms with van der Waals surface area (Å²) in [6.45, 7) is 6.68. The van der Waals surface area contributed by atoms with Crippen molar-refractivity contribution in [2.75, 3.05) is 23.3 Å². The van der Waals surface area contributed by atoms with Gasteiger partial charge in [0.15, 0.2) is 5.11 Å². The van der Waals surface area contributed by atoms with Crippen molar-refractivity contribution >= 4 is 28.7 Å². The number of nitrogens with one attached hydrogen (secondary N) is 2. The van der Waals surface area contributed by atoms with E-state index in [-0.39, 0.29) is 11.9 Å². The number of hydrogen-bond acceptors (Lipinski definition) is 2. The van der Waals surface area contributed by atoms with Crippen LogP contribution in [0.5, 0.6) is 0 Å². The fourth-order valence-electron chi connectivity index (χ4n) is 3.38. The number of nitrogens with zero attached hydrogens (tertiary/aromatic N) is 1. The molecule has 0 radical (unpaired) electrons. The summed E-state index contributed by atoms with van der Waals surface area (Å²) in [4.78, 5) is 2.47. The summed E-state index contributed by atoms with van der Waals surface area (Å²) in [6, 6.07) is 15.0. The number of benzene rings is 2. The number of anilines is 2. The van der Waals surface area contributed by atoms with Gasteiger partial charge in [0.25, 0.3) is 0 Å². The van der Waals surface area contributed by atoms with Crippen molar-refractivity contribution in [1.29, 1.82) is 0 Å². The van der Waals surface area contributed by atoms with Crippen LogP contribution in [0.3, 0.4) is 0 Å². The molecule has 5 heteroatoms. The Balaban J connectivity index is 1.56. The first-order valence-electron chi connectivity index (χ1n) is 9.19. The van der Waals surface area contributed by atoms with Gasteiger partial charge < -0.3 is 15.5 Å². The van der Waals surface area contributed by atoms with E-state index >= 15 is 0 Å². The van der Waals surface area contributed by atoms with Crippen molar-refractivity contribution < 1.29 is 4.39 Å². The van der Waals surface area contributed by atoms with E-state index in [0.29, 0.717) is 5.11 Å². The molecule has 0 saturated carbocycles. The van der Waals surface area contributed by atoms with Gasteiger partial charge in [-0.25, -0.2) is 4.39 Å². The summed E-state index contributed by atoms with van der Waals surface area (Å²) in [5.41, 5.74) is 3.24. The van der Waals surface area contributed by atoms with E-state index in [0.717, 1.165) is 24.7 Å². The zero-order valence-electron chi connectivity index (χ0n) is 15.3. The number of thiocarbonyl (C=S) groups is 1. The maximum atomic E-state index is 13.0. The van der Waals surface area contributed by atoms with Crippen LogP contribution in [0.15, 0.2) is 48.5 Å². The van der Waals surface area contributed by atoms with Gasteiger partial charge in [-0.3, -0.25) is 0 Å². The lowest BCUT2D eigenvalue weighted by Gasteiger charge is -2.33. The third kappa shape index (κ3) is 4.94. The van der Waals surface area contributed by atoms with Crippen molar-refractivity contribution in [3.8, 4) is 0 Å². The molecule has 138 valence electrons. The molecule has 2 N–H and O–H groups in total. The molecule has 1 heterocycles. The van der Waals surface area contributed by atoms with Gasteiger partial charge in [-0.2, -0.15) is 0 Å². The first kappa shape index (κ1) is 18.6. The second kappa shape index (κ2) is 8.49. The topological polar surface area (TPSA) is 27.3 Å².